The van der Waals surface area contributed by atoms with E-state index in [2.05, 4.69) is 21.2 Å². The molecule has 1 N–H and O–H groups in total. The Morgan fingerprint density at radius 2 is 1.59 bits per heavy atom. The molecule has 0 radical (unpaired) electrons. The van der Waals surface area contributed by atoms with Crippen LogP contribution in [0.3, 0.4) is 0 Å². The van der Waals surface area contributed by atoms with E-state index in [1.165, 1.54) is 0 Å². The number of halogens is 3. The number of anilines is 1. The molecule has 0 aliphatic rings. The molecular weight excluding hydrogens is 385 g/mol. The Bertz CT molecular complexity index is 880. The van der Waals surface area contributed by atoms with Gasteiger partial charge in [-0.1, -0.05) is 69.5 Å². The normalized spacial score (nSPS) is 10.7. The van der Waals surface area contributed by atoms with Crippen LogP contribution in [0.4, 0.5) is 5.69 Å². The third-order valence-electron chi connectivity index (χ3n) is 3.31. The lowest BCUT2D eigenvalue weighted by molar-refractivity contribution is 0.102. The van der Waals surface area contributed by atoms with E-state index in [-0.39, 0.29) is 5.91 Å². The number of rotatable bonds is 2. The van der Waals surface area contributed by atoms with E-state index < -0.39 is 0 Å². The van der Waals surface area contributed by atoms with Gasteiger partial charge in [0.25, 0.3) is 5.91 Å². The maximum atomic E-state index is 12.6. The molecule has 3 aromatic rings. The molecule has 0 saturated carbocycles. The summed E-state index contributed by atoms with van der Waals surface area (Å²) in [5.74, 6) is -0.229. The Balaban J connectivity index is 2.03. The molecule has 0 spiro atoms. The summed E-state index contributed by atoms with van der Waals surface area (Å²) in [7, 11) is 0. The highest BCUT2D eigenvalue weighted by Crippen LogP contribution is 2.31. The van der Waals surface area contributed by atoms with Crippen LogP contribution in [0.15, 0.2) is 59.1 Å². The SMILES string of the molecule is O=C(Nc1cccc(Cl)c1Cl)c1cccc2c(Br)cccc12. The zero-order valence-electron chi connectivity index (χ0n) is 11.2. The van der Waals surface area contributed by atoms with Gasteiger partial charge in [0.15, 0.2) is 0 Å². The molecule has 3 aromatic carbocycles. The van der Waals surface area contributed by atoms with Crippen molar-refractivity contribution in [2.24, 2.45) is 0 Å². The number of hydrogen-bond acceptors (Lipinski definition) is 1. The van der Waals surface area contributed by atoms with Crippen LogP contribution in [0, 0.1) is 0 Å². The first-order valence-electron chi connectivity index (χ1n) is 6.50. The Hall–Kier alpha value is -1.55. The second-order valence-corrected chi connectivity index (χ2v) is 6.34. The van der Waals surface area contributed by atoms with Crippen LogP contribution in [-0.2, 0) is 0 Å². The fraction of sp³-hybridized carbons (Fsp3) is 0. The Morgan fingerprint density at radius 1 is 0.909 bits per heavy atom. The molecule has 0 aliphatic heterocycles. The van der Waals surface area contributed by atoms with Crippen LogP contribution in [0.5, 0.6) is 0 Å². The maximum absolute atomic E-state index is 12.6. The minimum Gasteiger partial charge on any atom is -0.321 e. The molecule has 2 nitrogen and oxygen atoms in total. The molecule has 0 fully saturated rings. The predicted molar refractivity (Wildman–Crippen MR) is 96.1 cm³/mol. The van der Waals surface area contributed by atoms with Crippen LogP contribution in [-0.4, -0.2) is 5.91 Å². The summed E-state index contributed by atoms with van der Waals surface area (Å²) in [6, 6.07) is 16.5. The second-order valence-electron chi connectivity index (χ2n) is 4.70. The summed E-state index contributed by atoms with van der Waals surface area (Å²) in [6.45, 7) is 0. The largest absolute Gasteiger partial charge is 0.321 e. The molecule has 0 aliphatic carbocycles. The predicted octanol–water partition coefficient (Wildman–Crippen LogP) is 6.16. The Kier molecular flexibility index (Phi) is 4.39. The van der Waals surface area contributed by atoms with Crippen LogP contribution >= 0.6 is 39.1 Å². The lowest BCUT2D eigenvalue weighted by atomic mass is 10.0. The van der Waals surface area contributed by atoms with Crippen molar-refractivity contribution in [1.82, 2.24) is 0 Å². The Labute approximate surface area is 146 Å². The molecule has 1 amide bonds. The molecule has 0 heterocycles. The maximum Gasteiger partial charge on any atom is 0.256 e. The first kappa shape index (κ1) is 15.3. The van der Waals surface area contributed by atoms with Gasteiger partial charge in [0, 0.05) is 10.0 Å². The zero-order valence-corrected chi connectivity index (χ0v) is 14.3. The summed E-state index contributed by atoms with van der Waals surface area (Å²) in [5, 5.41) is 5.39. The third-order valence-corrected chi connectivity index (χ3v) is 4.82. The molecule has 0 bridgehead atoms. The highest BCUT2D eigenvalue weighted by Gasteiger charge is 2.13. The molecule has 110 valence electrons. The van der Waals surface area contributed by atoms with Gasteiger partial charge in [-0.2, -0.15) is 0 Å². The van der Waals surface area contributed by atoms with E-state index in [0.29, 0.717) is 21.3 Å². The number of hydrogen-bond donors (Lipinski definition) is 1. The van der Waals surface area contributed by atoms with E-state index in [1.54, 1.807) is 24.3 Å². The van der Waals surface area contributed by atoms with Crippen LogP contribution in [0.25, 0.3) is 10.8 Å². The van der Waals surface area contributed by atoms with Gasteiger partial charge in [0.05, 0.1) is 15.7 Å². The van der Waals surface area contributed by atoms with E-state index in [9.17, 15) is 4.79 Å². The number of benzene rings is 3. The first-order chi connectivity index (χ1) is 10.6. The van der Waals surface area contributed by atoms with E-state index >= 15 is 0 Å². The topological polar surface area (TPSA) is 29.1 Å². The minimum absolute atomic E-state index is 0.229. The summed E-state index contributed by atoms with van der Waals surface area (Å²) >= 11 is 15.6. The second kappa shape index (κ2) is 6.29. The van der Waals surface area contributed by atoms with Crippen molar-refractivity contribution in [3.05, 3.63) is 74.7 Å². The van der Waals surface area contributed by atoms with Gasteiger partial charge in [-0.05, 0) is 35.0 Å². The summed E-state index contributed by atoms with van der Waals surface area (Å²) in [5.41, 5.74) is 1.07. The van der Waals surface area contributed by atoms with Gasteiger partial charge < -0.3 is 5.32 Å². The number of fused-ring (bicyclic) bond motifs is 1. The van der Waals surface area contributed by atoms with Crippen molar-refractivity contribution in [3.8, 4) is 0 Å². The van der Waals surface area contributed by atoms with Gasteiger partial charge in [-0.25, -0.2) is 0 Å². The molecule has 0 unspecified atom stereocenters. The fourth-order valence-corrected chi connectivity index (χ4v) is 3.11. The van der Waals surface area contributed by atoms with Crippen molar-refractivity contribution in [2.45, 2.75) is 0 Å². The molecule has 22 heavy (non-hydrogen) atoms. The lowest BCUT2D eigenvalue weighted by Crippen LogP contribution is -2.12. The van der Waals surface area contributed by atoms with E-state index in [4.69, 9.17) is 23.2 Å². The van der Waals surface area contributed by atoms with Crippen LogP contribution in [0.1, 0.15) is 10.4 Å². The first-order valence-corrected chi connectivity index (χ1v) is 8.05. The number of nitrogens with one attached hydrogen (secondary N) is 1. The number of carbonyl (C=O) groups excluding carboxylic acids is 1. The number of amides is 1. The highest BCUT2D eigenvalue weighted by molar-refractivity contribution is 9.10. The van der Waals surface area contributed by atoms with Crippen molar-refractivity contribution in [3.63, 3.8) is 0 Å². The average Bonchev–Trinajstić information content (AvgIpc) is 2.52. The van der Waals surface area contributed by atoms with Crippen molar-refractivity contribution < 1.29 is 4.79 Å². The summed E-state index contributed by atoms with van der Waals surface area (Å²) in [4.78, 5) is 12.6. The van der Waals surface area contributed by atoms with Gasteiger partial charge in [-0.3, -0.25) is 4.79 Å². The lowest BCUT2D eigenvalue weighted by Gasteiger charge is -2.10. The fourth-order valence-electron chi connectivity index (χ4n) is 2.26. The standard InChI is InChI=1S/C17H10BrCl2NO/c18-13-7-2-4-10-11(13)5-1-6-12(10)17(22)21-15-9-3-8-14(19)16(15)20/h1-9H,(H,21,22). The van der Waals surface area contributed by atoms with Gasteiger partial charge in [0.2, 0.25) is 0 Å². The van der Waals surface area contributed by atoms with Crippen molar-refractivity contribution >= 4 is 61.5 Å². The summed E-state index contributed by atoms with van der Waals surface area (Å²) in [6.07, 6.45) is 0. The van der Waals surface area contributed by atoms with E-state index in [1.807, 2.05) is 30.3 Å². The quantitative estimate of drug-likeness (QED) is 0.553. The molecule has 0 saturated heterocycles. The summed E-state index contributed by atoms with van der Waals surface area (Å²) < 4.78 is 0.945. The molecule has 0 atom stereocenters. The highest BCUT2D eigenvalue weighted by atomic mass is 79.9. The van der Waals surface area contributed by atoms with Gasteiger partial charge in [0.1, 0.15) is 0 Å². The number of carbonyl (C=O) groups is 1. The average molecular weight is 395 g/mol. The molecular formula is C17H10BrCl2NO. The zero-order chi connectivity index (χ0) is 15.7. The Morgan fingerprint density at radius 3 is 2.41 bits per heavy atom. The third kappa shape index (κ3) is 2.84. The molecule has 5 heteroatoms. The molecule has 0 aromatic heterocycles. The van der Waals surface area contributed by atoms with Gasteiger partial charge in [-0.15, -0.1) is 0 Å². The van der Waals surface area contributed by atoms with Crippen LogP contribution in [0.2, 0.25) is 10.0 Å². The smallest absolute Gasteiger partial charge is 0.256 e. The van der Waals surface area contributed by atoms with Crippen LogP contribution < -0.4 is 5.32 Å². The molecule has 3 rings (SSSR count). The monoisotopic (exact) mass is 393 g/mol. The minimum atomic E-state index is -0.229. The van der Waals surface area contributed by atoms with Crippen molar-refractivity contribution in [1.29, 1.82) is 0 Å². The van der Waals surface area contributed by atoms with E-state index in [0.717, 1.165) is 15.2 Å². The van der Waals surface area contributed by atoms with Crippen molar-refractivity contribution in [2.75, 3.05) is 5.32 Å². The van der Waals surface area contributed by atoms with Gasteiger partial charge >= 0.3 is 0 Å².